The summed E-state index contributed by atoms with van der Waals surface area (Å²) in [6.45, 7) is 4.33. The van der Waals surface area contributed by atoms with E-state index in [2.05, 4.69) is 27.3 Å². The number of aromatic nitrogens is 1. The number of hydrogen-bond acceptors (Lipinski definition) is 5. The average Bonchev–Trinajstić information content (AvgIpc) is 3.44. The Hall–Kier alpha value is -4.33. The van der Waals surface area contributed by atoms with E-state index in [1.807, 2.05) is 73.7 Å². The van der Waals surface area contributed by atoms with E-state index in [-0.39, 0.29) is 11.7 Å². The van der Waals surface area contributed by atoms with Gasteiger partial charge >= 0.3 is 0 Å². The topological polar surface area (TPSA) is 54.5 Å². The molecule has 1 N–H and O–H groups in total. The number of benzene rings is 4. The molecule has 0 aliphatic rings. The van der Waals surface area contributed by atoms with Crippen LogP contribution in [0.4, 0.5) is 10.1 Å². The zero-order valence-electron chi connectivity index (χ0n) is 22.2. The number of carbonyl (C=O) groups excluding carboxylic acids is 1. The van der Waals surface area contributed by atoms with Gasteiger partial charge in [-0.15, -0.1) is 11.3 Å². The standard InChI is InChI=1S/C33H30FN3O2S/c1-24-7-15-29(16-8-24)35-33(38)31-23-40-32(36-31)21-37(19-25-9-13-28(34)14-10-25)20-26-11-17-30(18-12-26)39-22-27-5-3-2-4-6-27/h2-18,23H,19-22H2,1H3,(H,35,38). The average molecular weight is 552 g/mol. The number of anilines is 1. The quantitative estimate of drug-likeness (QED) is 0.183. The molecule has 5 aromatic rings. The Morgan fingerprint density at radius 1 is 0.825 bits per heavy atom. The van der Waals surface area contributed by atoms with Crippen molar-refractivity contribution in [2.75, 3.05) is 5.32 Å². The Kier molecular flexibility index (Phi) is 8.96. The fourth-order valence-corrected chi connectivity index (χ4v) is 5.03. The summed E-state index contributed by atoms with van der Waals surface area (Å²) in [5.41, 5.74) is 5.49. The zero-order valence-corrected chi connectivity index (χ0v) is 23.0. The van der Waals surface area contributed by atoms with Crippen LogP contribution >= 0.6 is 11.3 Å². The molecule has 0 spiro atoms. The van der Waals surface area contributed by atoms with Gasteiger partial charge in [0.05, 0.1) is 6.54 Å². The van der Waals surface area contributed by atoms with Gasteiger partial charge in [0.25, 0.3) is 5.91 Å². The number of ether oxygens (including phenoxy) is 1. The van der Waals surface area contributed by atoms with Gasteiger partial charge in [-0.1, -0.05) is 72.3 Å². The third-order valence-electron chi connectivity index (χ3n) is 6.35. The molecule has 0 saturated carbocycles. The van der Waals surface area contributed by atoms with Gasteiger partial charge in [-0.3, -0.25) is 9.69 Å². The molecule has 0 fully saturated rings. The van der Waals surface area contributed by atoms with Crippen LogP contribution in [0.3, 0.4) is 0 Å². The van der Waals surface area contributed by atoms with Crippen molar-refractivity contribution in [3.05, 3.63) is 147 Å². The van der Waals surface area contributed by atoms with Gasteiger partial charge in [0.15, 0.2) is 0 Å². The van der Waals surface area contributed by atoms with Crippen LogP contribution in [0.25, 0.3) is 0 Å². The summed E-state index contributed by atoms with van der Waals surface area (Å²) in [7, 11) is 0. The first-order valence-corrected chi connectivity index (χ1v) is 13.9. The van der Waals surface area contributed by atoms with Gasteiger partial charge in [0.2, 0.25) is 0 Å². The number of halogens is 1. The van der Waals surface area contributed by atoms with Gasteiger partial charge in [-0.25, -0.2) is 9.37 Å². The third kappa shape index (κ3) is 7.85. The van der Waals surface area contributed by atoms with Crippen LogP contribution in [0.15, 0.2) is 109 Å². The molecular weight excluding hydrogens is 521 g/mol. The fraction of sp³-hybridized carbons (Fsp3) is 0.152. The molecule has 40 heavy (non-hydrogen) atoms. The molecule has 0 unspecified atom stereocenters. The molecule has 5 rings (SSSR count). The molecule has 1 aromatic heterocycles. The lowest BCUT2D eigenvalue weighted by Crippen LogP contribution is -2.22. The lowest BCUT2D eigenvalue weighted by molar-refractivity contribution is 0.102. The molecule has 0 aliphatic carbocycles. The van der Waals surface area contributed by atoms with E-state index < -0.39 is 0 Å². The number of hydrogen-bond donors (Lipinski definition) is 1. The first-order chi connectivity index (χ1) is 19.5. The van der Waals surface area contributed by atoms with Crippen molar-refractivity contribution in [3.63, 3.8) is 0 Å². The van der Waals surface area contributed by atoms with E-state index >= 15 is 0 Å². The molecule has 0 atom stereocenters. The largest absolute Gasteiger partial charge is 0.489 e. The molecular formula is C33H30FN3O2S. The zero-order chi connectivity index (χ0) is 27.7. The molecule has 4 aromatic carbocycles. The lowest BCUT2D eigenvalue weighted by atomic mass is 10.1. The van der Waals surface area contributed by atoms with Crippen LogP contribution in [0.2, 0.25) is 0 Å². The van der Waals surface area contributed by atoms with Gasteiger partial charge in [0, 0.05) is 24.2 Å². The Bertz CT molecular complexity index is 1520. The normalized spacial score (nSPS) is 11.0. The van der Waals surface area contributed by atoms with Crippen LogP contribution in [0.5, 0.6) is 5.75 Å². The second-order valence-corrected chi connectivity index (χ2v) is 10.6. The molecule has 202 valence electrons. The highest BCUT2D eigenvalue weighted by molar-refractivity contribution is 7.09. The van der Waals surface area contributed by atoms with E-state index in [9.17, 15) is 9.18 Å². The van der Waals surface area contributed by atoms with Gasteiger partial charge in [-0.05, 0) is 60.0 Å². The summed E-state index contributed by atoms with van der Waals surface area (Å²) < 4.78 is 19.4. The van der Waals surface area contributed by atoms with Crippen molar-refractivity contribution < 1.29 is 13.9 Å². The van der Waals surface area contributed by atoms with Crippen molar-refractivity contribution in [2.24, 2.45) is 0 Å². The van der Waals surface area contributed by atoms with Crippen molar-refractivity contribution >= 4 is 22.9 Å². The predicted octanol–water partition coefficient (Wildman–Crippen LogP) is 7.62. The summed E-state index contributed by atoms with van der Waals surface area (Å²) in [6.07, 6.45) is 0. The smallest absolute Gasteiger partial charge is 0.275 e. The highest BCUT2D eigenvalue weighted by atomic mass is 32.1. The van der Waals surface area contributed by atoms with Crippen molar-refractivity contribution in [2.45, 2.75) is 33.2 Å². The maximum atomic E-state index is 13.5. The number of carbonyl (C=O) groups is 1. The molecule has 5 nitrogen and oxygen atoms in total. The Morgan fingerprint density at radius 3 is 2.15 bits per heavy atom. The number of aryl methyl sites for hydroxylation is 1. The van der Waals surface area contributed by atoms with Gasteiger partial charge in [-0.2, -0.15) is 0 Å². The minimum absolute atomic E-state index is 0.234. The van der Waals surface area contributed by atoms with Gasteiger partial charge < -0.3 is 10.1 Å². The minimum Gasteiger partial charge on any atom is -0.489 e. The van der Waals surface area contributed by atoms with Gasteiger partial charge in [0.1, 0.15) is 28.9 Å². The first kappa shape index (κ1) is 27.2. The van der Waals surface area contributed by atoms with Crippen LogP contribution in [0, 0.1) is 12.7 Å². The monoisotopic (exact) mass is 551 g/mol. The SMILES string of the molecule is Cc1ccc(NC(=O)c2csc(CN(Cc3ccc(F)cc3)Cc3ccc(OCc4ccccc4)cc3)n2)cc1. The van der Waals surface area contributed by atoms with E-state index in [1.54, 1.807) is 17.5 Å². The number of nitrogens with zero attached hydrogens (tertiary/aromatic N) is 2. The Morgan fingerprint density at radius 2 is 1.48 bits per heavy atom. The molecule has 0 aliphatic heterocycles. The van der Waals surface area contributed by atoms with E-state index in [0.29, 0.717) is 31.9 Å². The second kappa shape index (κ2) is 13.2. The summed E-state index contributed by atoms with van der Waals surface area (Å²) >= 11 is 1.46. The van der Waals surface area contributed by atoms with Crippen LogP contribution < -0.4 is 10.1 Å². The molecule has 1 heterocycles. The number of thiazole rings is 1. The summed E-state index contributed by atoms with van der Waals surface area (Å²) in [4.78, 5) is 19.6. The minimum atomic E-state index is -0.259. The summed E-state index contributed by atoms with van der Waals surface area (Å²) in [6, 6.07) is 32.3. The van der Waals surface area contributed by atoms with Crippen molar-refractivity contribution in [1.82, 2.24) is 9.88 Å². The molecule has 0 radical (unpaired) electrons. The van der Waals surface area contributed by atoms with E-state index in [1.165, 1.54) is 23.5 Å². The van der Waals surface area contributed by atoms with Crippen molar-refractivity contribution in [1.29, 1.82) is 0 Å². The van der Waals surface area contributed by atoms with Crippen LogP contribution in [0.1, 0.15) is 37.7 Å². The first-order valence-electron chi connectivity index (χ1n) is 13.0. The summed E-state index contributed by atoms with van der Waals surface area (Å²) in [5.74, 6) is 0.315. The highest BCUT2D eigenvalue weighted by Gasteiger charge is 2.15. The van der Waals surface area contributed by atoms with E-state index in [0.717, 1.165) is 38.7 Å². The number of rotatable bonds is 11. The number of nitrogens with one attached hydrogen (secondary N) is 1. The van der Waals surface area contributed by atoms with Crippen molar-refractivity contribution in [3.8, 4) is 5.75 Å². The Labute approximate surface area is 237 Å². The lowest BCUT2D eigenvalue weighted by Gasteiger charge is -2.22. The second-order valence-electron chi connectivity index (χ2n) is 9.64. The molecule has 1 amide bonds. The maximum Gasteiger partial charge on any atom is 0.275 e. The number of amides is 1. The predicted molar refractivity (Wildman–Crippen MR) is 158 cm³/mol. The van der Waals surface area contributed by atoms with Crippen LogP contribution in [-0.4, -0.2) is 15.8 Å². The molecule has 7 heteroatoms. The molecule has 0 saturated heterocycles. The summed E-state index contributed by atoms with van der Waals surface area (Å²) in [5, 5.41) is 5.53. The Balaban J connectivity index is 1.25. The van der Waals surface area contributed by atoms with Crippen LogP contribution in [-0.2, 0) is 26.2 Å². The molecule has 0 bridgehead atoms. The maximum absolute atomic E-state index is 13.5. The fourth-order valence-electron chi connectivity index (χ4n) is 4.22. The third-order valence-corrected chi connectivity index (χ3v) is 7.18. The highest BCUT2D eigenvalue weighted by Crippen LogP contribution is 2.21. The van der Waals surface area contributed by atoms with E-state index in [4.69, 9.17) is 4.74 Å².